The highest BCUT2D eigenvalue weighted by molar-refractivity contribution is 5.83. The van der Waals surface area contributed by atoms with E-state index in [0.29, 0.717) is 38.3 Å². The lowest BCUT2D eigenvalue weighted by molar-refractivity contribution is -0.121. The Labute approximate surface area is 161 Å². The van der Waals surface area contributed by atoms with Crippen LogP contribution in [0.5, 0.6) is 0 Å². The number of hydroxylamine groups is 1. The Hall–Kier alpha value is -2.58. The molecule has 27 heavy (non-hydrogen) atoms. The number of aliphatic imine (C=N–C) groups is 1. The van der Waals surface area contributed by atoms with Gasteiger partial charge in [0.05, 0.1) is 12.6 Å². The summed E-state index contributed by atoms with van der Waals surface area (Å²) in [6.45, 7) is 5.01. The molecular weight excluding hydrogens is 344 g/mol. The zero-order valence-corrected chi connectivity index (χ0v) is 16.2. The summed E-state index contributed by atoms with van der Waals surface area (Å²) in [5.41, 5.74) is 21.0. The maximum absolute atomic E-state index is 12.3. The molecule has 0 bridgehead atoms. The first-order valence-electron chi connectivity index (χ1n) is 9.10. The highest BCUT2D eigenvalue weighted by Gasteiger charge is 2.15. The number of hydrogen-bond acceptors (Lipinski definition) is 5. The van der Waals surface area contributed by atoms with E-state index < -0.39 is 6.04 Å². The van der Waals surface area contributed by atoms with Crippen LogP contribution in [-0.4, -0.2) is 24.5 Å². The first-order valence-corrected chi connectivity index (χ1v) is 9.10. The number of nitrogens with two attached hydrogens (primary N) is 3. The van der Waals surface area contributed by atoms with Gasteiger partial charge in [-0.1, -0.05) is 44.2 Å². The number of guanidine groups is 1. The van der Waals surface area contributed by atoms with Crippen molar-refractivity contribution in [3.05, 3.63) is 47.8 Å². The van der Waals surface area contributed by atoms with E-state index in [1.807, 2.05) is 30.3 Å². The van der Waals surface area contributed by atoms with Gasteiger partial charge in [0, 0.05) is 18.4 Å². The van der Waals surface area contributed by atoms with Crippen molar-refractivity contribution < 1.29 is 9.63 Å². The van der Waals surface area contributed by atoms with E-state index in [0.717, 1.165) is 11.3 Å². The van der Waals surface area contributed by atoms with Gasteiger partial charge < -0.3 is 22.5 Å². The summed E-state index contributed by atoms with van der Waals surface area (Å²) < 4.78 is 0. The van der Waals surface area contributed by atoms with E-state index in [2.05, 4.69) is 29.6 Å². The molecule has 1 aromatic rings. The summed E-state index contributed by atoms with van der Waals surface area (Å²) in [6, 6.07) is 9.18. The lowest BCUT2D eigenvalue weighted by atomic mass is 10.1. The zero-order chi connectivity index (χ0) is 20.1. The Morgan fingerprint density at radius 1 is 1.26 bits per heavy atom. The maximum atomic E-state index is 12.3. The van der Waals surface area contributed by atoms with Crippen LogP contribution in [0.15, 0.2) is 47.2 Å². The molecule has 0 aliphatic rings. The normalized spacial score (nSPS) is 12.5. The van der Waals surface area contributed by atoms with Crippen molar-refractivity contribution in [3.8, 4) is 0 Å². The van der Waals surface area contributed by atoms with Crippen LogP contribution in [0.1, 0.15) is 38.7 Å². The molecule has 1 rings (SSSR count). The third-order valence-electron chi connectivity index (χ3n) is 3.61. The minimum absolute atomic E-state index is 0.0387. The third-order valence-corrected chi connectivity index (χ3v) is 3.61. The van der Waals surface area contributed by atoms with Gasteiger partial charge >= 0.3 is 0 Å². The average Bonchev–Trinajstić information content (AvgIpc) is 2.62. The van der Waals surface area contributed by atoms with E-state index in [-0.39, 0.29) is 11.9 Å². The highest BCUT2D eigenvalue weighted by Crippen LogP contribution is 2.08. The first kappa shape index (κ1) is 22.5. The standard InChI is InChI=1S/C19H32N6O2/c1-14(2)11-16(12-24-27-13-15-7-4-3-5-8-15)25-18(26)17(20)9-6-10-23-19(21)22/h3-5,7-8,12,14,17,24H,6,9-11,13,20H2,1-2H3,(H,25,26)(H4,21,22,23)/t17-/m0/s1. The summed E-state index contributed by atoms with van der Waals surface area (Å²) in [5, 5.41) is 2.87. The minimum atomic E-state index is -0.625. The van der Waals surface area contributed by atoms with Crippen molar-refractivity contribution in [1.29, 1.82) is 0 Å². The predicted molar refractivity (Wildman–Crippen MR) is 108 cm³/mol. The Morgan fingerprint density at radius 3 is 2.59 bits per heavy atom. The molecule has 150 valence electrons. The summed E-state index contributed by atoms with van der Waals surface area (Å²) >= 11 is 0. The second kappa shape index (κ2) is 12.7. The second-order valence-electron chi connectivity index (χ2n) is 6.70. The first-order chi connectivity index (χ1) is 12.9. The molecule has 8 heteroatoms. The fourth-order valence-electron chi connectivity index (χ4n) is 2.30. The fraction of sp³-hybridized carbons (Fsp3) is 0.474. The van der Waals surface area contributed by atoms with Crippen LogP contribution in [0, 0.1) is 5.92 Å². The molecule has 1 aromatic carbocycles. The topological polar surface area (TPSA) is 141 Å². The number of nitrogens with zero attached hydrogens (tertiary/aromatic N) is 1. The van der Waals surface area contributed by atoms with Crippen molar-refractivity contribution in [2.75, 3.05) is 6.54 Å². The zero-order valence-electron chi connectivity index (χ0n) is 16.2. The van der Waals surface area contributed by atoms with Crippen LogP contribution < -0.4 is 28.0 Å². The number of nitrogens with one attached hydrogen (secondary N) is 2. The highest BCUT2D eigenvalue weighted by atomic mass is 16.6. The van der Waals surface area contributed by atoms with Crippen molar-refractivity contribution in [1.82, 2.24) is 10.8 Å². The summed E-state index contributed by atoms with van der Waals surface area (Å²) in [4.78, 5) is 21.6. The number of carbonyl (C=O) groups excluding carboxylic acids is 1. The van der Waals surface area contributed by atoms with Crippen LogP contribution in [0.25, 0.3) is 0 Å². The Morgan fingerprint density at radius 2 is 1.96 bits per heavy atom. The molecular formula is C19H32N6O2. The predicted octanol–water partition coefficient (Wildman–Crippen LogP) is 1.09. The van der Waals surface area contributed by atoms with Gasteiger partial charge in [0.1, 0.15) is 0 Å². The number of amides is 1. The van der Waals surface area contributed by atoms with Crippen LogP contribution in [0.3, 0.4) is 0 Å². The summed E-state index contributed by atoms with van der Waals surface area (Å²) in [5.74, 6) is 0.166. The minimum Gasteiger partial charge on any atom is -0.370 e. The lowest BCUT2D eigenvalue weighted by Crippen LogP contribution is -2.40. The van der Waals surface area contributed by atoms with E-state index in [9.17, 15) is 4.79 Å². The van der Waals surface area contributed by atoms with Crippen molar-refractivity contribution in [2.24, 2.45) is 28.1 Å². The molecule has 8 N–H and O–H groups in total. The lowest BCUT2D eigenvalue weighted by Gasteiger charge is -2.16. The molecule has 0 saturated heterocycles. The van der Waals surface area contributed by atoms with E-state index >= 15 is 0 Å². The molecule has 0 aliphatic carbocycles. The molecule has 0 fully saturated rings. The molecule has 0 heterocycles. The average molecular weight is 377 g/mol. The number of carbonyl (C=O) groups is 1. The van der Waals surface area contributed by atoms with Crippen LogP contribution in [0.4, 0.5) is 0 Å². The van der Waals surface area contributed by atoms with Gasteiger partial charge in [0.15, 0.2) is 5.96 Å². The molecule has 8 nitrogen and oxygen atoms in total. The molecule has 1 atom stereocenters. The SMILES string of the molecule is CC(C)CC(=CNOCc1ccccc1)NC(=O)[C@@H](N)CCCN=C(N)N. The Bertz CT molecular complexity index is 612. The van der Waals surface area contributed by atoms with Gasteiger partial charge in [0.2, 0.25) is 5.91 Å². The molecule has 0 spiro atoms. The van der Waals surface area contributed by atoms with Gasteiger partial charge in [-0.3, -0.25) is 20.1 Å². The fourth-order valence-corrected chi connectivity index (χ4v) is 2.30. The number of hydrogen-bond donors (Lipinski definition) is 5. The van der Waals surface area contributed by atoms with E-state index in [4.69, 9.17) is 22.0 Å². The van der Waals surface area contributed by atoms with Crippen LogP contribution in [0.2, 0.25) is 0 Å². The Kier molecular flexibility index (Phi) is 10.6. The molecule has 0 radical (unpaired) electrons. The smallest absolute Gasteiger partial charge is 0.241 e. The van der Waals surface area contributed by atoms with Gasteiger partial charge in [-0.05, 0) is 30.7 Å². The largest absolute Gasteiger partial charge is 0.370 e. The quantitative estimate of drug-likeness (QED) is 0.160. The van der Waals surface area contributed by atoms with Crippen LogP contribution in [-0.2, 0) is 16.2 Å². The molecule has 0 unspecified atom stereocenters. The van der Waals surface area contributed by atoms with Crippen molar-refractivity contribution >= 4 is 11.9 Å². The van der Waals surface area contributed by atoms with Crippen LogP contribution >= 0.6 is 0 Å². The van der Waals surface area contributed by atoms with Gasteiger partial charge in [-0.2, -0.15) is 0 Å². The monoisotopic (exact) mass is 376 g/mol. The number of allylic oxidation sites excluding steroid dienone is 1. The third kappa shape index (κ3) is 10.9. The summed E-state index contributed by atoms with van der Waals surface area (Å²) in [7, 11) is 0. The van der Waals surface area contributed by atoms with E-state index in [1.165, 1.54) is 0 Å². The number of benzene rings is 1. The summed E-state index contributed by atoms with van der Waals surface area (Å²) in [6.07, 6.45) is 3.48. The molecule has 0 saturated carbocycles. The molecule has 0 aliphatic heterocycles. The second-order valence-corrected chi connectivity index (χ2v) is 6.70. The molecule has 0 aromatic heterocycles. The van der Waals surface area contributed by atoms with E-state index in [1.54, 1.807) is 6.20 Å². The molecule has 1 amide bonds. The van der Waals surface area contributed by atoms with Crippen molar-refractivity contribution in [3.63, 3.8) is 0 Å². The Balaban J connectivity index is 2.46. The number of rotatable bonds is 12. The van der Waals surface area contributed by atoms with Crippen molar-refractivity contribution in [2.45, 2.75) is 45.8 Å². The maximum Gasteiger partial charge on any atom is 0.241 e. The van der Waals surface area contributed by atoms with Gasteiger partial charge in [-0.15, -0.1) is 0 Å². The van der Waals surface area contributed by atoms with Gasteiger partial charge in [0.25, 0.3) is 0 Å². The van der Waals surface area contributed by atoms with Gasteiger partial charge in [-0.25, -0.2) is 0 Å².